The molecule has 1 N–H and O–H groups in total. The van der Waals surface area contributed by atoms with Crippen LogP contribution < -0.4 is 4.74 Å². The van der Waals surface area contributed by atoms with Gasteiger partial charge in [0.1, 0.15) is 11.5 Å². The maximum atomic E-state index is 12.8. The van der Waals surface area contributed by atoms with Crippen molar-refractivity contribution in [3.63, 3.8) is 0 Å². The molecule has 5 heteroatoms. The SMILES string of the molecule is CC1CCN(Cc2c(O)ccc3c2O/C(=C\c2cccc(Br)c2)C3=O)CC1. The zero-order valence-corrected chi connectivity index (χ0v) is 16.8. The van der Waals surface area contributed by atoms with E-state index in [-0.39, 0.29) is 11.5 Å². The van der Waals surface area contributed by atoms with Gasteiger partial charge in [0.15, 0.2) is 5.76 Å². The lowest BCUT2D eigenvalue weighted by molar-refractivity contribution is 0.101. The van der Waals surface area contributed by atoms with Crippen molar-refractivity contribution < 1.29 is 14.6 Å². The number of rotatable bonds is 3. The van der Waals surface area contributed by atoms with Crippen molar-refractivity contribution in [1.82, 2.24) is 4.90 Å². The van der Waals surface area contributed by atoms with E-state index < -0.39 is 0 Å². The fourth-order valence-corrected chi connectivity index (χ4v) is 4.06. The molecule has 140 valence electrons. The maximum absolute atomic E-state index is 12.8. The molecule has 2 aliphatic rings. The normalized spacial score (nSPS) is 19.3. The number of ether oxygens (including phenoxy) is 1. The Labute approximate surface area is 167 Å². The molecule has 2 aliphatic heterocycles. The van der Waals surface area contributed by atoms with Crippen LogP contribution in [0.15, 0.2) is 46.6 Å². The molecule has 4 rings (SSSR count). The predicted molar refractivity (Wildman–Crippen MR) is 109 cm³/mol. The van der Waals surface area contributed by atoms with Gasteiger partial charge in [-0.05, 0) is 67.8 Å². The van der Waals surface area contributed by atoms with Gasteiger partial charge in [0.2, 0.25) is 5.78 Å². The molecule has 0 spiro atoms. The standard InChI is InChI=1S/C22H22BrNO3/c1-14-7-9-24(10-8-14)13-18-19(25)6-5-17-21(26)20(27-22(17)18)12-15-3-2-4-16(23)11-15/h2-6,11-12,14,25H,7-10,13H2,1H3/b20-12-. The summed E-state index contributed by atoms with van der Waals surface area (Å²) in [5.74, 6) is 1.58. The second-order valence-corrected chi connectivity index (χ2v) is 8.31. The highest BCUT2D eigenvalue weighted by atomic mass is 79.9. The van der Waals surface area contributed by atoms with Gasteiger partial charge in [-0.15, -0.1) is 0 Å². The van der Waals surface area contributed by atoms with Gasteiger partial charge in [0.25, 0.3) is 0 Å². The highest BCUT2D eigenvalue weighted by Crippen LogP contribution is 2.40. The smallest absolute Gasteiger partial charge is 0.231 e. The van der Waals surface area contributed by atoms with E-state index in [0.717, 1.165) is 41.9 Å². The molecule has 2 aromatic rings. The van der Waals surface area contributed by atoms with E-state index in [2.05, 4.69) is 27.8 Å². The summed E-state index contributed by atoms with van der Waals surface area (Å²) in [6.45, 7) is 4.87. The van der Waals surface area contributed by atoms with Crippen LogP contribution in [0.2, 0.25) is 0 Å². The van der Waals surface area contributed by atoms with E-state index in [4.69, 9.17) is 4.74 Å². The van der Waals surface area contributed by atoms with Crippen LogP contribution in [0.25, 0.3) is 6.08 Å². The third-order valence-corrected chi connectivity index (χ3v) is 5.81. The van der Waals surface area contributed by atoms with E-state index in [1.54, 1.807) is 18.2 Å². The molecule has 0 atom stereocenters. The van der Waals surface area contributed by atoms with Crippen molar-refractivity contribution in [1.29, 1.82) is 0 Å². The Bertz CT molecular complexity index is 914. The summed E-state index contributed by atoms with van der Waals surface area (Å²) in [5.41, 5.74) is 2.11. The van der Waals surface area contributed by atoms with Crippen LogP contribution in [0.1, 0.15) is 41.3 Å². The third kappa shape index (κ3) is 3.80. The number of fused-ring (bicyclic) bond motifs is 1. The minimum atomic E-state index is -0.140. The van der Waals surface area contributed by atoms with Crippen LogP contribution in [-0.4, -0.2) is 28.9 Å². The Morgan fingerprint density at radius 2 is 2.04 bits per heavy atom. The van der Waals surface area contributed by atoms with Gasteiger partial charge in [0, 0.05) is 11.0 Å². The van der Waals surface area contributed by atoms with Crippen molar-refractivity contribution in [2.75, 3.05) is 13.1 Å². The second kappa shape index (κ2) is 7.49. The highest BCUT2D eigenvalue weighted by Gasteiger charge is 2.32. The molecule has 1 saturated heterocycles. The highest BCUT2D eigenvalue weighted by molar-refractivity contribution is 9.10. The Morgan fingerprint density at radius 3 is 2.78 bits per heavy atom. The van der Waals surface area contributed by atoms with E-state index in [0.29, 0.717) is 29.2 Å². The number of Topliss-reactive ketones (excluding diaryl/α,β-unsaturated/α-hetero) is 1. The summed E-state index contributed by atoms with van der Waals surface area (Å²) in [6.07, 6.45) is 4.06. The first-order valence-corrected chi connectivity index (χ1v) is 10.1. The lowest BCUT2D eigenvalue weighted by atomic mass is 9.98. The van der Waals surface area contributed by atoms with Gasteiger partial charge in [-0.3, -0.25) is 9.69 Å². The van der Waals surface area contributed by atoms with E-state index in [9.17, 15) is 9.90 Å². The van der Waals surface area contributed by atoms with Crippen molar-refractivity contribution in [2.45, 2.75) is 26.3 Å². The number of hydrogen-bond acceptors (Lipinski definition) is 4. The van der Waals surface area contributed by atoms with Crippen molar-refractivity contribution >= 4 is 27.8 Å². The number of carbonyl (C=O) groups excluding carboxylic acids is 1. The molecule has 0 amide bonds. The van der Waals surface area contributed by atoms with Crippen molar-refractivity contribution in [3.05, 3.63) is 63.3 Å². The largest absolute Gasteiger partial charge is 0.507 e. The Kier molecular flexibility index (Phi) is 5.06. The molecule has 27 heavy (non-hydrogen) atoms. The number of halogens is 1. The quantitative estimate of drug-likeness (QED) is 0.699. The topological polar surface area (TPSA) is 49.8 Å². The molecule has 2 aromatic carbocycles. The molecule has 0 bridgehead atoms. The van der Waals surface area contributed by atoms with Gasteiger partial charge in [0.05, 0.1) is 11.1 Å². The van der Waals surface area contributed by atoms with Crippen LogP contribution in [0, 0.1) is 5.92 Å². The fraction of sp³-hybridized carbons (Fsp3) is 0.318. The number of benzene rings is 2. The fourth-order valence-electron chi connectivity index (χ4n) is 3.64. The molecule has 2 heterocycles. The predicted octanol–water partition coefficient (Wildman–Crippen LogP) is 5.00. The summed E-state index contributed by atoms with van der Waals surface area (Å²) in [5, 5.41) is 10.4. The van der Waals surface area contributed by atoms with Gasteiger partial charge in [-0.25, -0.2) is 0 Å². The number of aromatic hydroxyl groups is 1. The van der Waals surface area contributed by atoms with Gasteiger partial charge >= 0.3 is 0 Å². The van der Waals surface area contributed by atoms with Gasteiger partial charge < -0.3 is 9.84 Å². The van der Waals surface area contributed by atoms with Gasteiger partial charge in [-0.1, -0.05) is 35.0 Å². The molecule has 0 saturated carbocycles. The molecular weight excluding hydrogens is 406 g/mol. The van der Waals surface area contributed by atoms with Crippen LogP contribution in [0.3, 0.4) is 0 Å². The number of carbonyl (C=O) groups is 1. The number of phenolic OH excluding ortho intramolecular Hbond substituents is 1. The summed E-state index contributed by atoms with van der Waals surface area (Å²) in [4.78, 5) is 15.1. The average Bonchev–Trinajstić information content (AvgIpc) is 2.95. The minimum absolute atomic E-state index is 0.140. The maximum Gasteiger partial charge on any atom is 0.231 e. The molecule has 0 radical (unpaired) electrons. The number of piperidine rings is 1. The molecule has 4 nitrogen and oxygen atoms in total. The second-order valence-electron chi connectivity index (χ2n) is 7.39. The Morgan fingerprint density at radius 1 is 1.26 bits per heavy atom. The zero-order valence-electron chi connectivity index (χ0n) is 15.2. The van der Waals surface area contributed by atoms with Crippen molar-refractivity contribution in [3.8, 4) is 11.5 Å². The molecule has 0 aromatic heterocycles. The Balaban J connectivity index is 1.63. The number of phenols is 1. The number of ketones is 1. The first kappa shape index (κ1) is 18.3. The van der Waals surface area contributed by atoms with Gasteiger partial charge in [-0.2, -0.15) is 0 Å². The van der Waals surface area contributed by atoms with Crippen LogP contribution >= 0.6 is 15.9 Å². The molecule has 0 aliphatic carbocycles. The lowest BCUT2D eigenvalue weighted by Gasteiger charge is -2.30. The van der Waals surface area contributed by atoms with E-state index in [1.165, 1.54) is 0 Å². The molecular formula is C22H22BrNO3. The number of hydrogen-bond donors (Lipinski definition) is 1. The summed E-state index contributed by atoms with van der Waals surface area (Å²) in [7, 11) is 0. The number of allylic oxidation sites excluding steroid dienone is 1. The molecule has 1 fully saturated rings. The number of likely N-dealkylation sites (tertiary alicyclic amines) is 1. The lowest BCUT2D eigenvalue weighted by Crippen LogP contribution is -2.32. The van der Waals surface area contributed by atoms with E-state index in [1.807, 2.05) is 24.3 Å². The molecule has 0 unspecified atom stereocenters. The average molecular weight is 428 g/mol. The summed E-state index contributed by atoms with van der Waals surface area (Å²) >= 11 is 3.44. The van der Waals surface area contributed by atoms with Crippen LogP contribution in [0.5, 0.6) is 11.5 Å². The van der Waals surface area contributed by atoms with E-state index >= 15 is 0 Å². The van der Waals surface area contributed by atoms with Crippen LogP contribution in [-0.2, 0) is 6.54 Å². The minimum Gasteiger partial charge on any atom is -0.507 e. The third-order valence-electron chi connectivity index (χ3n) is 5.32. The first-order chi connectivity index (χ1) is 13.0. The van der Waals surface area contributed by atoms with Crippen LogP contribution in [0.4, 0.5) is 0 Å². The number of nitrogens with zero attached hydrogens (tertiary/aromatic N) is 1. The van der Waals surface area contributed by atoms with Crippen molar-refractivity contribution in [2.24, 2.45) is 5.92 Å². The summed E-state index contributed by atoms with van der Waals surface area (Å²) in [6, 6.07) is 11.0. The Hall–Kier alpha value is -2.11. The zero-order chi connectivity index (χ0) is 19.0. The monoisotopic (exact) mass is 427 g/mol. The first-order valence-electron chi connectivity index (χ1n) is 9.28. The summed E-state index contributed by atoms with van der Waals surface area (Å²) < 4.78 is 6.89.